The molecule has 2 aliphatic carbocycles. The number of hydrogen-bond acceptors (Lipinski definition) is 9. The number of fused-ring (bicyclic) bond motifs is 1. The second-order valence-corrected chi connectivity index (χ2v) is 13.5. The van der Waals surface area contributed by atoms with E-state index in [1.807, 2.05) is 35.1 Å². The summed E-state index contributed by atoms with van der Waals surface area (Å²) in [6, 6.07) is 4.99. The third-order valence-corrected chi connectivity index (χ3v) is 10.4. The summed E-state index contributed by atoms with van der Waals surface area (Å²) in [6.45, 7) is 1.96. The maximum absolute atomic E-state index is 13.5. The number of nitrogens with one attached hydrogen (secondary N) is 1. The van der Waals surface area contributed by atoms with Gasteiger partial charge < -0.3 is 9.80 Å². The van der Waals surface area contributed by atoms with E-state index in [-0.39, 0.29) is 33.3 Å². The van der Waals surface area contributed by atoms with Gasteiger partial charge >= 0.3 is 0 Å². The average Bonchev–Trinajstić information content (AvgIpc) is 3.31. The molecular formula is C26H28F2N8O3S2. The minimum atomic E-state index is -4.13. The van der Waals surface area contributed by atoms with Crippen molar-refractivity contribution in [3.8, 4) is 16.8 Å². The zero-order valence-electron chi connectivity index (χ0n) is 22.4. The van der Waals surface area contributed by atoms with Gasteiger partial charge in [-0.1, -0.05) is 23.5 Å². The van der Waals surface area contributed by atoms with Crippen molar-refractivity contribution in [2.24, 2.45) is 18.9 Å². The van der Waals surface area contributed by atoms with Crippen LogP contribution in [0.4, 0.5) is 14.5 Å². The SMILES string of the molecule is CN(CC1C=CC1C(=O)N1CCCC1)c1cc(S(=O)(=O)NC2(C#N)CC2)cc2c(-c3nnc(C(F)F)s3)nn(C)c12. The first-order chi connectivity index (χ1) is 19.5. The standard InChI is InChI=1S/C26H28F2N8O3S2/c1-34(13-15-5-6-17(15)25(37)36-9-3-4-10-36)19-12-16(41(38,39)33-26(14-29)7-8-26)11-18-20(32-35(2)21(18)19)23-30-31-24(40-23)22(27)28/h5-6,11-12,15,17,22,33H,3-4,7-10,13H2,1-2H3. The lowest BCUT2D eigenvalue weighted by Gasteiger charge is -2.35. The van der Waals surface area contributed by atoms with Gasteiger partial charge in [-0.2, -0.15) is 15.1 Å². The van der Waals surface area contributed by atoms with Crippen molar-refractivity contribution in [1.82, 2.24) is 29.6 Å². The molecule has 2 atom stereocenters. The summed E-state index contributed by atoms with van der Waals surface area (Å²) in [5, 5.41) is 21.5. The first-order valence-corrected chi connectivity index (χ1v) is 15.6. The van der Waals surface area contributed by atoms with Crippen LogP contribution >= 0.6 is 11.3 Å². The van der Waals surface area contributed by atoms with Crippen LogP contribution in [-0.4, -0.2) is 71.4 Å². The van der Waals surface area contributed by atoms with E-state index in [9.17, 15) is 27.3 Å². The number of rotatable bonds is 9. The number of carbonyl (C=O) groups excluding carboxylic acids is 1. The first-order valence-electron chi connectivity index (χ1n) is 13.3. The summed E-state index contributed by atoms with van der Waals surface area (Å²) in [5.74, 6) is -0.213. The highest BCUT2D eigenvalue weighted by Crippen LogP contribution is 2.41. The number of carbonyl (C=O) groups is 1. The average molecular weight is 603 g/mol. The Labute approximate surface area is 239 Å². The van der Waals surface area contributed by atoms with Crippen LogP contribution in [0.3, 0.4) is 0 Å². The number of nitriles is 1. The molecule has 3 aliphatic rings. The van der Waals surface area contributed by atoms with E-state index in [4.69, 9.17) is 0 Å². The maximum atomic E-state index is 13.5. The van der Waals surface area contributed by atoms with Crippen LogP contribution < -0.4 is 9.62 Å². The van der Waals surface area contributed by atoms with E-state index in [0.717, 1.165) is 25.9 Å². The van der Waals surface area contributed by atoms with Crippen molar-refractivity contribution in [2.45, 2.75) is 42.5 Å². The van der Waals surface area contributed by atoms with Gasteiger partial charge in [-0.05, 0) is 37.8 Å². The summed E-state index contributed by atoms with van der Waals surface area (Å²) in [5.41, 5.74) is 0.188. The van der Waals surface area contributed by atoms with Gasteiger partial charge in [0.1, 0.15) is 11.2 Å². The molecule has 1 aliphatic heterocycles. The van der Waals surface area contributed by atoms with E-state index in [1.165, 1.54) is 12.1 Å². The van der Waals surface area contributed by atoms with Gasteiger partial charge in [-0.15, -0.1) is 10.2 Å². The number of anilines is 1. The van der Waals surface area contributed by atoms with Crippen molar-refractivity contribution in [2.75, 3.05) is 31.6 Å². The second kappa shape index (κ2) is 10.1. The van der Waals surface area contributed by atoms with E-state index in [1.54, 1.807) is 11.7 Å². The summed E-state index contributed by atoms with van der Waals surface area (Å²) in [7, 11) is -0.637. The fourth-order valence-electron chi connectivity index (χ4n) is 5.45. The highest BCUT2D eigenvalue weighted by atomic mass is 32.2. The Kier molecular flexibility index (Phi) is 6.82. The van der Waals surface area contributed by atoms with Crippen LogP contribution in [0, 0.1) is 23.2 Å². The van der Waals surface area contributed by atoms with E-state index >= 15 is 0 Å². The third kappa shape index (κ3) is 4.98. The Balaban J connectivity index is 1.40. The highest BCUT2D eigenvalue weighted by Gasteiger charge is 2.47. The third-order valence-electron chi connectivity index (χ3n) is 7.95. The molecule has 6 rings (SSSR count). The van der Waals surface area contributed by atoms with Crippen LogP contribution in [-0.2, 0) is 21.9 Å². The van der Waals surface area contributed by atoms with Gasteiger partial charge in [-0.3, -0.25) is 9.48 Å². The number of sulfonamides is 1. The fraction of sp³-hybridized carbons (Fsp3) is 0.500. The number of amides is 1. The van der Waals surface area contributed by atoms with Crippen LogP contribution in [0.1, 0.15) is 37.1 Å². The van der Waals surface area contributed by atoms with Crippen molar-refractivity contribution in [3.05, 3.63) is 29.3 Å². The highest BCUT2D eigenvalue weighted by molar-refractivity contribution is 7.89. The van der Waals surface area contributed by atoms with Gasteiger partial charge in [0.2, 0.25) is 15.9 Å². The summed E-state index contributed by atoms with van der Waals surface area (Å²) >= 11 is 0.691. The van der Waals surface area contributed by atoms with Crippen molar-refractivity contribution in [1.29, 1.82) is 5.26 Å². The van der Waals surface area contributed by atoms with Crippen molar-refractivity contribution < 1.29 is 22.0 Å². The molecule has 15 heteroatoms. The number of benzene rings is 1. The molecule has 3 heterocycles. The Bertz CT molecular complexity index is 1700. The molecule has 0 bridgehead atoms. The van der Waals surface area contributed by atoms with E-state index in [2.05, 4.69) is 20.0 Å². The largest absolute Gasteiger partial charge is 0.372 e. The number of aromatic nitrogens is 4. The molecule has 0 radical (unpaired) electrons. The molecule has 3 aromatic rings. The molecule has 1 N–H and O–H groups in total. The minimum Gasteiger partial charge on any atom is -0.372 e. The molecule has 2 aromatic heterocycles. The molecule has 41 heavy (non-hydrogen) atoms. The van der Waals surface area contributed by atoms with Crippen LogP contribution in [0.5, 0.6) is 0 Å². The number of likely N-dealkylation sites (tertiary alicyclic amines) is 1. The first kappa shape index (κ1) is 27.7. The van der Waals surface area contributed by atoms with Gasteiger partial charge in [0.15, 0.2) is 10.0 Å². The number of aryl methyl sites for hydroxylation is 1. The zero-order chi connectivity index (χ0) is 29.1. The molecule has 1 amide bonds. The lowest BCUT2D eigenvalue weighted by Crippen LogP contribution is -2.42. The Morgan fingerprint density at radius 1 is 1.27 bits per heavy atom. The molecule has 2 unspecified atom stereocenters. The monoisotopic (exact) mass is 602 g/mol. The van der Waals surface area contributed by atoms with E-state index < -0.39 is 27.0 Å². The van der Waals surface area contributed by atoms with E-state index in [0.29, 0.717) is 47.3 Å². The number of alkyl halides is 2. The maximum Gasteiger partial charge on any atom is 0.291 e. The smallest absolute Gasteiger partial charge is 0.291 e. The van der Waals surface area contributed by atoms with Crippen molar-refractivity contribution >= 4 is 43.9 Å². The van der Waals surface area contributed by atoms with Crippen LogP contribution in [0.15, 0.2) is 29.2 Å². The number of hydrogen-bond donors (Lipinski definition) is 1. The predicted octanol–water partition coefficient (Wildman–Crippen LogP) is 3.22. The molecule has 0 spiro atoms. The van der Waals surface area contributed by atoms with Gasteiger partial charge in [0, 0.05) is 45.0 Å². The Hall–Kier alpha value is -3.48. The number of nitrogens with zero attached hydrogens (tertiary/aromatic N) is 7. The molecule has 2 fully saturated rings. The molecule has 11 nitrogen and oxygen atoms in total. The summed E-state index contributed by atoms with van der Waals surface area (Å²) in [4.78, 5) is 16.7. The molecule has 1 saturated carbocycles. The summed E-state index contributed by atoms with van der Waals surface area (Å²) < 4.78 is 57.6. The summed E-state index contributed by atoms with van der Waals surface area (Å²) in [6.07, 6.45) is 3.93. The fourth-order valence-corrected chi connectivity index (χ4v) is 7.57. The molecule has 1 aromatic carbocycles. The Morgan fingerprint density at radius 2 is 2.00 bits per heavy atom. The molecule has 1 saturated heterocycles. The van der Waals surface area contributed by atoms with Crippen molar-refractivity contribution in [3.63, 3.8) is 0 Å². The minimum absolute atomic E-state index is 0.0701. The normalized spacial score (nSPS) is 21.3. The molecular weight excluding hydrogens is 574 g/mol. The number of halogens is 2. The molecule has 216 valence electrons. The van der Waals surface area contributed by atoms with Gasteiger partial charge in [0.25, 0.3) is 6.43 Å². The van der Waals surface area contributed by atoms with Gasteiger partial charge in [-0.25, -0.2) is 17.2 Å². The Morgan fingerprint density at radius 3 is 2.59 bits per heavy atom. The lowest BCUT2D eigenvalue weighted by molar-refractivity contribution is -0.134. The quantitative estimate of drug-likeness (QED) is 0.369. The zero-order valence-corrected chi connectivity index (χ0v) is 24.1. The topological polar surface area (TPSA) is 137 Å². The van der Waals surface area contributed by atoms with Crippen LogP contribution in [0.25, 0.3) is 21.6 Å². The second-order valence-electron chi connectivity index (χ2n) is 10.8. The predicted molar refractivity (Wildman–Crippen MR) is 148 cm³/mol. The van der Waals surface area contributed by atoms with Gasteiger partial charge in [0.05, 0.1) is 28.1 Å². The lowest BCUT2D eigenvalue weighted by atomic mass is 9.80. The van der Waals surface area contributed by atoms with Crippen LogP contribution in [0.2, 0.25) is 0 Å².